The Bertz CT molecular complexity index is 132. The zero-order chi connectivity index (χ0) is 7.28. The molecule has 0 aromatic heterocycles. The lowest BCUT2D eigenvalue weighted by Gasteiger charge is -2.03. The molecule has 0 amide bonds. The second kappa shape index (κ2) is 4.19. The molecule has 9 heavy (non-hydrogen) atoms. The van der Waals surface area contributed by atoms with Crippen LogP contribution >= 0.6 is 0 Å². The van der Waals surface area contributed by atoms with Crippen molar-refractivity contribution in [2.24, 2.45) is 0 Å². The first-order valence-electron chi connectivity index (χ1n) is 3.09. The van der Waals surface area contributed by atoms with Crippen LogP contribution in [0.5, 0.6) is 0 Å². The van der Waals surface area contributed by atoms with E-state index >= 15 is 0 Å². The highest BCUT2D eigenvalue weighted by Crippen LogP contribution is 2.07. The van der Waals surface area contributed by atoms with Crippen molar-refractivity contribution in [2.45, 2.75) is 20.8 Å². The molecule has 0 aliphatic heterocycles. The first-order valence-corrected chi connectivity index (χ1v) is 3.09. The zero-order valence-electron chi connectivity index (χ0n) is 6.56. The van der Waals surface area contributed by atoms with Crippen molar-refractivity contribution in [1.29, 1.82) is 0 Å². The van der Waals surface area contributed by atoms with Crippen LogP contribution in [0.1, 0.15) is 20.8 Å². The van der Waals surface area contributed by atoms with E-state index in [1.165, 1.54) is 5.57 Å². The topological polar surface area (TPSA) is 9.23 Å². The lowest BCUT2D eigenvalue weighted by molar-refractivity contribution is 0.300. The molecule has 0 saturated heterocycles. The van der Waals surface area contributed by atoms with Gasteiger partial charge in [0, 0.05) is 0 Å². The summed E-state index contributed by atoms with van der Waals surface area (Å²) in [6.07, 6.45) is 3.98. The third-order valence-corrected chi connectivity index (χ3v) is 1.30. The predicted molar refractivity (Wildman–Crippen MR) is 40.2 cm³/mol. The van der Waals surface area contributed by atoms with E-state index in [0.717, 1.165) is 5.76 Å². The molecule has 1 heteroatoms. The van der Waals surface area contributed by atoms with Crippen LogP contribution in [0.15, 0.2) is 23.5 Å². The van der Waals surface area contributed by atoms with Crippen molar-refractivity contribution in [3.05, 3.63) is 23.5 Å². The number of hydrogen-bond donors (Lipinski definition) is 0. The lowest BCUT2D eigenvalue weighted by atomic mass is 10.2. The highest BCUT2D eigenvalue weighted by molar-refractivity contribution is 5.21. The van der Waals surface area contributed by atoms with Crippen LogP contribution in [0.3, 0.4) is 0 Å². The Morgan fingerprint density at radius 1 is 1.22 bits per heavy atom. The molecule has 0 aliphatic rings. The molecule has 0 saturated carbocycles. The molecular formula is C8H14O. The summed E-state index contributed by atoms with van der Waals surface area (Å²) in [5.41, 5.74) is 1.18. The van der Waals surface area contributed by atoms with Crippen LogP contribution in [0, 0.1) is 0 Å². The third kappa shape index (κ3) is 2.36. The van der Waals surface area contributed by atoms with Gasteiger partial charge in [0.05, 0.1) is 7.11 Å². The number of allylic oxidation sites excluding steroid dienone is 3. The summed E-state index contributed by atoms with van der Waals surface area (Å²) in [5.74, 6) is 0.956. The molecule has 0 spiro atoms. The maximum absolute atomic E-state index is 5.04. The lowest BCUT2D eigenvalue weighted by Crippen LogP contribution is -1.86. The monoisotopic (exact) mass is 126 g/mol. The van der Waals surface area contributed by atoms with E-state index in [4.69, 9.17) is 4.74 Å². The average Bonchev–Trinajstić information content (AvgIpc) is 1.90. The van der Waals surface area contributed by atoms with Gasteiger partial charge in [0.1, 0.15) is 5.76 Å². The molecule has 0 aromatic rings. The molecule has 0 unspecified atom stereocenters. The zero-order valence-corrected chi connectivity index (χ0v) is 6.56. The van der Waals surface area contributed by atoms with E-state index in [1.54, 1.807) is 7.11 Å². The summed E-state index contributed by atoms with van der Waals surface area (Å²) in [4.78, 5) is 0. The minimum absolute atomic E-state index is 0.956. The Hall–Kier alpha value is -0.720. The van der Waals surface area contributed by atoms with Crippen LogP contribution in [-0.4, -0.2) is 7.11 Å². The van der Waals surface area contributed by atoms with Gasteiger partial charge in [0.15, 0.2) is 0 Å². The van der Waals surface area contributed by atoms with Crippen molar-refractivity contribution in [1.82, 2.24) is 0 Å². The fraction of sp³-hybridized carbons (Fsp3) is 0.500. The maximum atomic E-state index is 5.04. The molecule has 52 valence electrons. The van der Waals surface area contributed by atoms with E-state index in [0.29, 0.717) is 0 Å². The smallest absolute Gasteiger partial charge is 0.117 e. The SMILES string of the molecule is C/C=C(C)\C(=C/C)OC. The maximum Gasteiger partial charge on any atom is 0.117 e. The van der Waals surface area contributed by atoms with Crippen molar-refractivity contribution in [3.63, 3.8) is 0 Å². The molecule has 0 atom stereocenters. The molecule has 0 fully saturated rings. The van der Waals surface area contributed by atoms with Crippen molar-refractivity contribution in [2.75, 3.05) is 7.11 Å². The molecule has 0 heterocycles. The first-order chi connectivity index (χ1) is 4.26. The fourth-order valence-electron chi connectivity index (χ4n) is 0.649. The molecular weight excluding hydrogens is 112 g/mol. The average molecular weight is 126 g/mol. The molecule has 0 aliphatic carbocycles. The van der Waals surface area contributed by atoms with Crippen molar-refractivity contribution < 1.29 is 4.74 Å². The summed E-state index contributed by atoms with van der Waals surface area (Å²) in [5, 5.41) is 0. The Kier molecular flexibility index (Phi) is 3.85. The molecule has 0 rings (SSSR count). The van der Waals surface area contributed by atoms with Crippen LogP contribution < -0.4 is 0 Å². The highest BCUT2D eigenvalue weighted by Gasteiger charge is 1.92. The molecule has 0 radical (unpaired) electrons. The third-order valence-electron chi connectivity index (χ3n) is 1.30. The van der Waals surface area contributed by atoms with Crippen molar-refractivity contribution >= 4 is 0 Å². The van der Waals surface area contributed by atoms with Gasteiger partial charge >= 0.3 is 0 Å². The summed E-state index contributed by atoms with van der Waals surface area (Å²) in [7, 11) is 1.68. The second-order valence-electron chi connectivity index (χ2n) is 1.83. The largest absolute Gasteiger partial charge is 0.497 e. The van der Waals surface area contributed by atoms with E-state index in [2.05, 4.69) is 0 Å². The second-order valence-corrected chi connectivity index (χ2v) is 1.83. The molecule has 0 bridgehead atoms. The van der Waals surface area contributed by atoms with Gasteiger partial charge in [-0.15, -0.1) is 0 Å². The Morgan fingerprint density at radius 2 is 1.78 bits per heavy atom. The summed E-state index contributed by atoms with van der Waals surface area (Å²) in [6.45, 7) is 5.99. The van der Waals surface area contributed by atoms with Crippen LogP contribution in [0.2, 0.25) is 0 Å². The van der Waals surface area contributed by atoms with E-state index < -0.39 is 0 Å². The van der Waals surface area contributed by atoms with Crippen LogP contribution in [-0.2, 0) is 4.74 Å². The highest BCUT2D eigenvalue weighted by atomic mass is 16.5. The van der Waals surface area contributed by atoms with Gasteiger partial charge in [0.25, 0.3) is 0 Å². The normalized spacial score (nSPS) is 13.8. The van der Waals surface area contributed by atoms with Crippen molar-refractivity contribution in [3.8, 4) is 0 Å². The first kappa shape index (κ1) is 8.28. The summed E-state index contributed by atoms with van der Waals surface area (Å²) < 4.78 is 5.04. The minimum Gasteiger partial charge on any atom is -0.497 e. The summed E-state index contributed by atoms with van der Waals surface area (Å²) >= 11 is 0. The van der Waals surface area contributed by atoms with Gasteiger partial charge in [0.2, 0.25) is 0 Å². The number of hydrogen-bond acceptors (Lipinski definition) is 1. The van der Waals surface area contributed by atoms with Gasteiger partial charge in [-0.3, -0.25) is 0 Å². The molecule has 1 nitrogen and oxygen atoms in total. The van der Waals surface area contributed by atoms with Gasteiger partial charge in [-0.05, 0) is 32.4 Å². The van der Waals surface area contributed by atoms with Gasteiger partial charge in [-0.2, -0.15) is 0 Å². The molecule has 0 N–H and O–H groups in total. The minimum atomic E-state index is 0.956. The van der Waals surface area contributed by atoms with E-state index in [-0.39, 0.29) is 0 Å². The van der Waals surface area contributed by atoms with Crippen LogP contribution in [0.4, 0.5) is 0 Å². The molecule has 0 aromatic carbocycles. The van der Waals surface area contributed by atoms with E-state index in [1.807, 2.05) is 32.9 Å². The summed E-state index contributed by atoms with van der Waals surface area (Å²) in [6, 6.07) is 0. The Morgan fingerprint density at radius 3 is 1.89 bits per heavy atom. The standard InChI is InChI=1S/C8H14O/c1-5-7(3)8(6-2)9-4/h5-6H,1-4H3/b7-5-,8-6+. The van der Waals surface area contributed by atoms with Gasteiger partial charge in [-0.1, -0.05) is 6.08 Å². The van der Waals surface area contributed by atoms with Gasteiger partial charge in [-0.25, -0.2) is 0 Å². The Labute approximate surface area is 57.0 Å². The predicted octanol–water partition coefficient (Wildman–Crippen LogP) is 2.50. The Balaban J connectivity index is 4.14. The van der Waals surface area contributed by atoms with Gasteiger partial charge < -0.3 is 4.74 Å². The quantitative estimate of drug-likeness (QED) is 0.408. The van der Waals surface area contributed by atoms with Crippen LogP contribution in [0.25, 0.3) is 0 Å². The number of methoxy groups -OCH3 is 1. The number of rotatable bonds is 2. The fourth-order valence-corrected chi connectivity index (χ4v) is 0.649. The number of ether oxygens (including phenoxy) is 1. The van der Waals surface area contributed by atoms with E-state index in [9.17, 15) is 0 Å².